The first-order valence-corrected chi connectivity index (χ1v) is 38.0. The Morgan fingerprint density at radius 2 is 1.12 bits per heavy atom. The van der Waals surface area contributed by atoms with Gasteiger partial charge in [-0.25, -0.2) is 0 Å². The van der Waals surface area contributed by atoms with E-state index in [9.17, 15) is 19.2 Å². The van der Waals surface area contributed by atoms with Crippen LogP contribution in [0, 0.1) is 0 Å². The molecule has 0 N–H and O–H groups in total. The first kappa shape index (κ1) is 50.6. The van der Waals surface area contributed by atoms with Gasteiger partial charge in [0.25, 0.3) is 0 Å². The van der Waals surface area contributed by atoms with Crippen molar-refractivity contribution in [2.75, 3.05) is 6.61 Å². The van der Waals surface area contributed by atoms with Gasteiger partial charge in [-0.15, -0.1) is 0 Å². The summed E-state index contributed by atoms with van der Waals surface area (Å²) in [5.74, 6) is -3.12. The molecule has 0 aliphatic carbocycles. The van der Waals surface area contributed by atoms with Crippen LogP contribution in [0.15, 0.2) is 54.6 Å². The molecule has 0 bridgehead atoms. The van der Waals surface area contributed by atoms with E-state index in [0.717, 1.165) is 20.8 Å². The number of esters is 4. The molecule has 0 saturated carbocycles. The fourth-order valence-corrected chi connectivity index (χ4v) is 7.71. The van der Waals surface area contributed by atoms with Crippen LogP contribution < -0.4 is 4.68 Å². The van der Waals surface area contributed by atoms with E-state index in [1.54, 1.807) is 30.3 Å². The summed E-state index contributed by atoms with van der Waals surface area (Å²) in [6, 6.07) is 14.5. The normalized spacial score (nSPS) is 20.2. The summed E-state index contributed by atoms with van der Waals surface area (Å²) in [7, 11) is 25.0. The number of rotatable bonds is 9. The summed E-state index contributed by atoms with van der Waals surface area (Å²) in [5.41, 5.74) is 1.10. The molecule has 1 aromatic heterocycles. The van der Waals surface area contributed by atoms with E-state index < -0.39 is 70.1 Å². The van der Waals surface area contributed by atoms with Crippen LogP contribution in [0.4, 0.5) is 0 Å². The van der Waals surface area contributed by atoms with E-state index in [-0.39, 0.29) is 52.9 Å². The molecule has 5 atom stereocenters. The fourth-order valence-electron chi connectivity index (χ4n) is 5.76. The Kier molecular flexibility index (Phi) is 16.6. The van der Waals surface area contributed by atoms with Crippen molar-refractivity contribution in [3.8, 4) is 22.6 Å². The number of aromatic nitrogens is 3. The van der Waals surface area contributed by atoms with Gasteiger partial charge in [0.1, 0.15) is 17.9 Å². The van der Waals surface area contributed by atoms with Crippen molar-refractivity contribution in [1.82, 2.24) is 9.90 Å². The van der Waals surface area contributed by atoms with Gasteiger partial charge in [0.05, 0.1) is 20.1 Å². The maximum atomic E-state index is 12.8. The molecule has 1 aliphatic rings. The Hall–Kier alpha value is -1.06. The number of hydrogen-bond acceptors (Lipinski definition) is 10. The van der Waals surface area contributed by atoms with Crippen molar-refractivity contribution in [3.63, 3.8) is 0 Å². The summed E-state index contributed by atoms with van der Waals surface area (Å²) in [5, 5.41) is 5.57. The third-order valence-corrected chi connectivity index (χ3v) is 9.14. The van der Waals surface area contributed by atoms with Crippen molar-refractivity contribution in [2.24, 2.45) is 0 Å². The number of nitrogens with zero attached hydrogens (tertiary/aromatic N) is 3. The molecule has 1 saturated heterocycles. The number of ether oxygens (including phenoxy) is 5. The summed E-state index contributed by atoms with van der Waals surface area (Å²) < 4.78 is 31.8. The third kappa shape index (κ3) is 14.8. The molecule has 3 aromatic carbocycles. The van der Waals surface area contributed by atoms with E-state index in [0.29, 0.717) is 5.56 Å². The Balaban J connectivity index is 0.00000101. The van der Waals surface area contributed by atoms with E-state index in [1.807, 2.05) is 0 Å². The van der Waals surface area contributed by atoms with Gasteiger partial charge in [0.15, 0.2) is 35.8 Å². The van der Waals surface area contributed by atoms with Gasteiger partial charge in [-0.2, -0.15) is 0 Å². The molecule has 0 spiro atoms. The minimum absolute atomic E-state index is 0.0342. The van der Waals surface area contributed by atoms with Gasteiger partial charge < -0.3 is 23.7 Å². The molecule has 12 nitrogen and oxygen atoms in total. The Labute approximate surface area is 386 Å². The molecule has 1 aliphatic heterocycles. The van der Waals surface area contributed by atoms with Crippen LogP contribution in [0.3, 0.4) is 0 Å². The second-order valence-corrected chi connectivity index (χ2v) is 71.7. The molecule has 25 heteroatoms. The molecule has 322 valence electrons. The monoisotopic (exact) mass is 1160 g/mol. The van der Waals surface area contributed by atoms with E-state index in [2.05, 4.69) is 0 Å². The van der Waals surface area contributed by atoms with Gasteiger partial charge in [0, 0.05) is 43.3 Å². The van der Waals surface area contributed by atoms with Crippen LogP contribution in [0.25, 0.3) is 22.6 Å². The molecule has 1 fully saturated rings. The van der Waals surface area contributed by atoms with Gasteiger partial charge in [-0.1, -0.05) is 109 Å². The summed E-state index contributed by atoms with van der Waals surface area (Å²) in [4.78, 5) is 49.9. The van der Waals surface area contributed by atoms with Crippen LogP contribution in [-0.4, -0.2) is 73.9 Å². The number of hydrogen-bond donors (Lipinski definition) is 0. The van der Waals surface area contributed by atoms with E-state index in [4.69, 9.17) is 151 Å². The van der Waals surface area contributed by atoms with Gasteiger partial charge in [-0.05, 0) is 24.3 Å². The third-order valence-electron chi connectivity index (χ3n) is 7.56. The molecule has 0 unspecified atom stereocenters. The average Bonchev–Trinajstić information content (AvgIpc) is 3.42. The van der Waals surface area contributed by atoms with Crippen LogP contribution in [0.1, 0.15) is 39.5 Å². The number of halogens is 12. The molecular formula is C34H28Cl12N3O9Sb. The van der Waals surface area contributed by atoms with Crippen LogP contribution in [-0.2, 0) is 42.9 Å². The zero-order valence-electron chi connectivity index (χ0n) is 30.3. The zero-order valence-corrected chi connectivity index (χ0v) is 41.9. The standard InChI is InChI=1S/C34H28Cl6N3O9.6ClH.Sb/c1-15(44)48-14-26-31(49-16(2)45)33(50-17(3)46)34(51-18(4)47)32(52-26)30-27(19-8-6-5-7-9-19)42(28-22(37)10-20(35)11-23(28)38)41-43(30)29-24(39)12-21(36)13-25(29)40;;;;;;;/h5-13,26,31-34H,14H2,1-4H3;6*1H;/q+1;;;;;;;+5/p-6/t26-,31-,32+,33+,34+;;;;;;;/m1......./s1. The van der Waals surface area contributed by atoms with E-state index in [1.165, 1.54) is 40.6 Å². The average molecular weight is 1170 g/mol. The number of carbonyl (C=O) groups excluding carboxylic acids is 4. The first-order chi connectivity index (χ1) is 27.0. The SMILES string of the molecule is CC(=O)OC[C@H]1O[C@@H](c2c(-c3ccccc3)[n+](-c3c(Cl)cc(Cl)cc3Cl)nn2-c2c(Cl)cc(Cl)cc2Cl)[C@H](OC(C)=O)[C@@H](OC(C)=O)[C@@H]1OC(C)=O.[Cl][Sb-]([Cl])([Cl])([Cl])([Cl])[Cl]. The maximum absolute atomic E-state index is 12.8. The van der Waals surface area contributed by atoms with Crippen LogP contribution >= 0.6 is 123 Å². The minimum atomic E-state index is -5.42. The van der Waals surface area contributed by atoms with Crippen molar-refractivity contribution in [2.45, 2.75) is 58.2 Å². The summed E-state index contributed by atoms with van der Waals surface area (Å²) in [6.45, 7) is 4.05. The molecule has 0 amide bonds. The Morgan fingerprint density at radius 1 is 0.678 bits per heavy atom. The molecular weight excluding hydrogens is 1140 g/mol. The topological polar surface area (TPSA) is 136 Å². The zero-order chi connectivity index (χ0) is 44.4. The second-order valence-electron chi connectivity index (χ2n) is 12.3. The van der Waals surface area contributed by atoms with Crippen molar-refractivity contribution in [3.05, 3.63) is 90.4 Å². The van der Waals surface area contributed by atoms with E-state index >= 15 is 0 Å². The van der Waals surface area contributed by atoms with Crippen molar-refractivity contribution < 1.29 is 47.5 Å². The van der Waals surface area contributed by atoms with Crippen LogP contribution in [0.5, 0.6) is 0 Å². The predicted molar refractivity (Wildman–Crippen MR) is 232 cm³/mol. The molecule has 0 radical (unpaired) electrons. The Morgan fingerprint density at radius 3 is 1.58 bits per heavy atom. The quantitative estimate of drug-likeness (QED) is 0.0689. The number of carbonyl (C=O) groups is 4. The fraction of sp³-hybridized carbons (Fsp3) is 0.294. The first-order valence-electron chi connectivity index (χ1n) is 16.3. The summed E-state index contributed by atoms with van der Waals surface area (Å²) >= 11 is 39.8. The second kappa shape index (κ2) is 19.4. The predicted octanol–water partition coefficient (Wildman–Crippen LogP) is 11.3. The Bertz CT molecular complexity index is 2220. The van der Waals surface area contributed by atoms with Gasteiger partial charge in [0.2, 0.25) is 11.4 Å². The van der Waals surface area contributed by atoms with Gasteiger partial charge >= 0.3 is 86.0 Å². The van der Waals surface area contributed by atoms with Crippen molar-refractivity contribution in [1.29, 1.82) is 0 Å². The molecule has 4 aromatic rings. The molecule has 59 heavy (non-hydrogen) atoms. The van der Waals surface area contributed by atoms with Gasteiger partial charge in [-0.3, -0.25) is 19.2 Å². The molecule has 5 rings (SSSR count). The van der Waals surface area contributed by atoms with Crippen LogP contribution in [0.2, 0.25) is 30.1 Å². The number of benzene rings is 3. The molecule has 2 heterocycles. The van der Waals surface area contributed by atoms with Crippen molar-refractivity contribution >= 4 is 156 Å². The summed E-state index contributed by atoms with van der Waals surface area (Å²) in [6.07, 6.45) is -7.30.